The topological polar surface area (TPSA) is 3.88 Å². The number of rotatable bonds is 0. The summed E-state index contributed by atoms with van der Waals surface area (Å²) in [6.45, 7) is 5.00. The van der Waals surface area contributed by atoms with Crippen LogP contribution in [0, 0.1) is 17.8 Å². The minimum atomic E-state index is 0.705. The van der Waals surface area contributed by atoms with Crippen LogP contribution in [-0.2, 0) is 13.5 Å². The number of aromatic nitrogens is 1. The van der Waals surface area contributed by atoms with E-state index in [4.69, 9.17) is 0 Å². The van der Waals surface area contributed by atoms with Crippen LogP contribution in [0.4, 0.5) is 0 Å². The van der Waals surface area contributed by atoms with E-state index in [1.165, 1.54) is 67.7 Å². The van der Waals surface area contributed by atoms with Crippen LogP contribution in [0.5, 0.6) is 0 Å². The van der Waals surface area contributed by atoms with Crippen LogP contribution >= 0.6 is 0 Å². The number of nitrogens with zero attached hydrogens (tertiary/aromatic N) is 1. The lowest BCUT2D eigenvalue weighted by Gasteiger charge is -2.38. The normalized spacial score (nSPS) is 30.5. The van der Waals surface area contributed by atoms with Crippen molar-refractivity contribution >= 4 is 10.8 Å². The molecule has 134 valence electrons. The fourth-order valence-electron chi connectivity index (χ4n) is 5.58. The van der Waals surface area contributed by atoms with Gasteiger partial charge in [0, 0.05) is 17.4 Å². The van der Waals surface area contributed by atoms with Crippen molar-refractivity contribution in [2.24, 2.45) is 24.8 Å². The highest BCUT2D eigenvalue weighted by Crippen LogP contribution is 2.45. The predicted molar refractivity (Wildman–Crippen MR) is 106 cm³/mol. The summed E-state index contributed by atoms with van der Waals surface area (Å²) < 4.78 is 2.42. The molecule has 3 unspecified atom stereocenters. The molecule has 3 aliphatic carbocycles. The number of hydrogen-bond donors (Lipinski definition) is 0. The summed E-state index contributed by atoms with van der Waals surface area (Å²) in [6, 6.07) is 9.60. The summed E-state index contributed by atoms with van der Waals surface area (Å²) in [5.74, 6) is 3.25. The first-order chi connectivity index (χ1) is 12.1. The second-order valence-corrected chi connectivity index (χ2v) is 8.97. The van der Waals surface area contributed by atoms with E-state index in [1.54, 1.807) is 5.69 Å². The summed E-state index contributed by atoms with van der Waals surface area (Å²) in [4.78, 5) is 0. The molecule has 6 bridgehead atoms. The fourth-order valence-corrected chi connectivity index (χ4v) is 5.58. The first-order valence-electron chi connectivity index (χ1n) is 10.5. The monoisotopic (exact) mass is 336 g/mol. The predicted octanol–water partition coefficient (Wildman–Crippen LogP) is 5.94. The molecule has 25 heavy (non-hydrogen) atoms. The average Bonchev–Trinajstić information content (AvgIpc) is 2.60. The lowest BCUT2D eigenvalue weighted by Crippen LogP contribution is -2.40. The molecule has 3 aliphatic rings. The third-order valence-corrected chi connectivity index (χ3v) is 7.25. The Morgan fingerprint density at radius 2 is 1.80 bits per heavy atom. The third kappa shape index (κ3) is 3.35. The van der Waals surface area contributed by atoms with Gasteiger partial charge in [-0.1, -0.05) is 51.7 Å². The molecule has 0 N–H and O–H groups in total. The van der Waals surface area contributed by atoms with Gasteiger partial charge in [-0.05, 0) is 60.5 Å². The molecule has 0 saturated heterocycles. The minimum Gasteiger partial charge on any atom is -0.204 e. The smallest absolute Gasteiger partial charge is 0.192 e. The summed E-state index contributed by atoms with van der Waals surface area (Å²) in [5.41, 5.74) is 3.11. The largest absolute Gasteiger partial charge is 0.204 e. The zero-order valence-electron chi connectivity index (χ0n) is 16.3. The number of aryl methyl sites for hydroxylation is 2. The van der Waals surface area contributed by atoms with Crippen LogP contribution < -0.4 is 4.57 Å². The van der Waals surface area contributed by atoms with Crippen molar-refractivity contribution in [3.8, 4) is 0 Å². The number of pyridine rings is 1. The molecule has 1 heteroatoms. The van der Waals surface area contributed by atoms with Gasteiger partial charge in [0.25, 0.3) is 0 Å². The van der Waals surface area contributed by atoms with E-state index in [2.05, 4.69) is 55.9 Å². The third-order valence-electron chi connectivity index (χ3n) is 7.25. The van der Waals surface area contributed by atoms with E-state index in [1.807, 2.05) is 0 Å². The van der Waals surface area contributed by atoms with Gasteiger partial charge in [0.1, 0.15) is 7.05 Å². The Kier molecular flexibility index (Phi) is 4.84. The molecule has 0 aliphatic heterocycles. The van der Waals surface area contributed by atoms with E-state index in [0.717, 1.165) is 17.8 Å². The van der Waals surface area contributed by atoms with E-state index in [-0.39, 0.29) is 0 Å². The van der Waals surface area contributed by atoms with Crippen LogP contribution in [-0.4, -0.2) is 0 Å². The van der Waals surface area contributed by atoms with Crippen LogP contribution in [0.2, 0.25) is 0 Å². The molecule has 0 radical (unpaired) electrons. The first kappa shape index (κ1) is 17.1. The molecule has 1 aromatic carbocycles. The standard InChI is InChI=1S/C24H34N/c1-17-14-20-9-7-5-4-6-8-19-10-11-22-21(15-19)12-13-25(3)24(22)23(16-20)18(17)2/h10-13,15,17-18,20,23H,4-9,14,16H2,1-3H3/q+1/t17?,18-,20?,23?/m1/s1. The molecular formula is C24H34N+. The Hall–Kier alpha value is -1.37. The quantitative estimate of drug-likeness (QED) is 0.524. The second kappa shape index (κ2) is 7.09. The molecular weight excluding hydrogens is 302 g/mol. The summed E-state index contributed by atoms with van der Waals surface area (Å²) >= 11 is 0. The molecule has 5 rings (SSSR count). The Morgan fingerprint density at radius 3 is 2.68 bits per heavy atom. The zero-order valence-corrected chi connectivity index (χ0v) is 16.3. The Bertz CT molecular complexity index is 747. The van der Waals surface area contributed by atoms with E-state index >= 15 is 0 Å². The molecule has 1 nitrogen and oxygen atoms in total. The first-order valence-corrected chi connectivity index (χ1v) is 10.5. The molecule has 1 fully saturated rings. The van der Waals surface area contributed by atoms with Crippen molar-refractivity contribution < 1.29 is 4.57 Å². The lowest BCUT2D eigenvalue weighted by molar-refractivity contribution is -0.679. The van der Waals surface area contributed by atoms with Crippen molar-refractivity contribution in [3.63, 3.8) is 0 Å². The maximum Gasteiger partial charge on any atom is 0.192 e. The summed E-state index contributed by atoms with van der Waals surface area (Å²) in [7, 11) is 2.26. The van der Waals surface area contributed by atoms with Crippen molar-refractivity contribution in [2.75, 3.05) is 0 Å². The van der Waals surface area contributed by atoms with Gasteiger partial charge < -0.3 is 0 Å². The average molecular weight is 337 g/mol. The van der Waals surface area contributed by atoms with Gasteiger partial charge in [0.2, 0.25) is 0 Å². The highest BCUT2D eigenvalue weighted by Gasteiger charge is 2.38. The minimum absolute atomic E-state index is 0.705. The van der Waals surface area contributed by atoms with Crippen LogP contribution in [0.1, 0.15) is 76.0 Å². The molecule has 2 aromatic rings. The van der Waals surface area contributed by atoms with Crippen LogP contribution in [0.15, 0.2) is 30.5 Å². The maximum atomic E-state index is 2.50. The van der Waals surface area contributed by atoms with Gasteiger partial charge in [-0.3, -0.25) is 0 Å². The molecule has 4 atom stereocenters. The van der Waals surface area contributed by atoms with Gasteiger partial charge in [0.05, 0.1) is 0 Å². The van der Waals surface area contributed by atoms with Crippen LogP contribution in [0.25, 0.3) is 10.8 Å². The van der Waals surface area contributed by atoms with Crippen molar-refractivity contribution in [1.29, 1.82) is 0 Å². The Morgan fingerprint density at radius 1 is 0.960 bits per heavy atom. The fraction of sp³-hybridized carbons (Fsp3) is 0.625. The van der Waals surface area contributed by atoms with Gasteiger partial charge in [-0.25, -0.2) is 4.57 Å². The number of hydrogen-bond acceptors (Lipinski definition) is 0. The van der Waals surface area contributed by atoms with Crippen molar-refractivity contribution in [2.45, 2.75) is 71.1 Å². The van der Waals surface area contributed by atoms with Gasteiger partial charge in [-0.15, -0.1) is 0 Å². The second-order valence-electron chi connectivity index (χ2n) is 8.97. The van der Waals surface area contributed by atoms with Gasteiger partial charge in [-0.2, -0.15) is 0 Å². The number of benzene rings is 1. The zero-order chi connectivity index (χ0) is 17.4. The molecule has 1 heterocycles. The van der Waals surface area contributed by atoms with Gasteiger partial charge >= 0.3 is 0 Å². The summed E-state index contributed by atoms with van der Waals surface area (Å²) in [5, 5.41) is 2.94. The summed E-state index contributed by atoms with van der Waals surface area (Å²) in [6.07, 6.45) is 13.4. The van der Waals surface area contributed by atoms with E-state index < -0.39 is 0 Å². The number of fused-ring (bicyclic) bond motifs is 6. The van der Waals surface area contributed by atoms with Crippen LogP contribution in [0.3, 0.4) is 0 Å². The lowest BCUT2D eigenvalue weighted by atomic mass is 9.66. The van der Waals surface area contributed by atoms with Gasteiger partial charge in [0.15, 0.2) is 11.9 Å². The molecule has 0 amide bonds. The highest BCUT2D eigenvalue weighted by molar-refractivity contribution is 5.84. The highest BCUT2D eigenvalue weighted by atomic mass is 14.9. The SMILES string of the molecule is CC1CC2CCCCCCc3ccc4c([n+](C)ccc4c3)C(C2)[C@@H]1C. The molecule has 1 aromatic heterocycles. The van der Waals surface area contributed by atoms with Crippen molar-refractivity contribution in [1.82, 2.24) is 0 Å². The maximum absolute atomic E-state index is 2.50. The van der Waals surface area contributed by atoms with Crippen molar-refractivity contribution in [3.05, 3.63) is 41.7 Å². The van der Waals surface area contributed by atoms with E-state index in [0.29, 0.717) is 5.92 Å². The Labute approximate surface area is 153 Å². The molecule has 0 spiro atoms. The van der Waals surface area contributed by atoms with E-state index in [9.17, 15) is 0 Å². The molecule has 1 saturated carbocycles. The Balaban J connectivity index is 1.84.